The van der Waals surface area contributed by atoms with Crippen molar-refractivity contribution in [2.75, 3.05) is 5.32 Å². The molecule has 0 unspecified atom stereocenters. The molecule has 6 nitrogen and oxygen atoms in total. The Hall–Kier alpha value is -3.11. The molecule has 0 atom stereocenters. The molecule has 3 rings (SSSR count). The standard InChI is InChI=1S/C22H20ClF3N4O2S/c1-12(30-32)13-5-4-6-14(9-13)21(2,3)29-20(31)27-15-7-8-17(23)16(10-15)19-28-18(11-33-19)22(24,25)26/h4-11,32H,1-3H3,(H2,27,29,31)/b30-12-. The summed E-state index contributed by atoms with van der Waals surface area (Å²) in [5.41, 5.74) is 0.736. The summed E-state index contributed by atoms with van der Waals surface area (Å²) in [6, 6.07) is 11.2. The summed E-state index contributed by atoms with van der Waals surface area (Å²) in [6.45, 7) is 5.27. The number of aromatic nitrogens is 1. The van der Waals surface area contributed by atoms with Crippen LogP contribution >= 0.6 is 22.9 Å². The number of oxime groups is 1. The smallest absolute Gasteiger partial charge is 0.411 e. The lowest BCUT2D eigenvalue weighted by Crippen LogP contribution is -2.43. The van der Waals surface area contributed by atoms with Crippen LogP contribution in [0.4, 0.5) is 23.7 Å². The lowest BCUT2D eigenvalue weighted by atomic mass is 9.92. The summed E-state index contributed by atoms with van der Waals surface area (Å²) in [7, 11) is 0. The third-order valence-electron chi connectivity index (χ3n) is 4.83. The second-order valence-electron chi connectivity index (χ2n) is 7.70. The van der Waals surface area contributed by atoms with E-state index in [1.54, 1.807) is 45.0 Å². The fourth-order valence-corrected chi connectivity index (χ4v) is 4.12. The molecule has 3 aromatic rings. The Labute approximate surface area is 197 Å². The molecule has 0 saturated carbocycles. The molecule has 2 amide bonds. The van der Waals surface area contributed by atoms with E-state index in [4.69, 9.17) is 16.8 Å². The van der Waals surface area contributed by atoms with Crippen LogP contribution in [-0.4, -0.2) is 21.9 Å². The molecule has 0 saturated heterocycles. The van der Waals surface area contributed by atoms with Gasteiger partial charge in [-0.1, -0.05) is 35.0 Å². The van der Waals surface area contributed by atoms with Crippen molar-refractivity contribution in [2.24, 2.45) is 5.16 Å². The van der Waals surface area contributed by atoms with E-state index < -0.39 is 23.4 Å². The Balaban J connectivity index is 1.78. The molecular formula is C22H20ClF3N4O2S. The highest BCUT2D eigenvalue weighted by atomic mass is 35.5. The van der Waals surface area contributed by atoms with Crippen LogP contribution in [0.5, 0.6) is 0 Å². The predicted molar refractivity (Wildman–Crippen MR) is 123 cm³/mol. The lowest BCUT2D eigenvalue weighted by Gasteiger charge is -2.27. The van der Waals surface area contributed by atoms with Crippen LogP contribution in [0, 0.1) is 0 Å². The van der Waals surface area contributed by atoms with Gasteiger partial charge in [-0.3, -0.25) is 0 Å². The number of hydrogen-bond donors (Lipinski definition) is 3. The molecule has 0 spiro atoms. The zero-order chi connectivity index (χ0) is 24.4. The monoisotopic (exact) mass is 496 g/mol. The van der Waals surface area contributed by atoms with Crippen LogP contribution in [0.3, 0.4) is 0 Å². The highest BCUT2D eigenvalue weighted by molar-refractivity contribution is 7.13. The summed E-state index contributed by atoms with van der Waals surface area (Å²) in [5, 5.41) is 18.9. The number of nitrogens with one attached hydrogen (secondary N) is 2. The normalized spacial score (nSPS) is 12.5. The number of rotatable bonds is 5. The third kappa shape index (κ3) is 5.82. The van der Waals surface area contributed by atoms with Crippen LogP contribution in [0.25, 0.3) is 10.6 Å². The van der Waals surface area contributed by atoms with Crippen molar-refractivity contribution in [1.82, 2.24) is 10.3 Å². The highest BCUT2D eigenvalue weighted by Gasteiger charge is 2.34. The minimum absolute atomic E-state index is 0.0921. The molecule has 0 aliphatic heterocycles. The van der Waals surface area contributed by atoms with Gasteiger partial charge in [-0.15, -0.1) is 11.3 Å². The fourth-order valence-electron chi connectivity index (χ4n) is 3.00. The predicted octanol–water partition coefficient (Wildman–Crippen LogP) is 6.74. The van der Waals surface area contributed by atoms with Gasteiger partial charge in [0.2, 0.25) is 0 Å². The molecule has 0 radical (unpaired) electrons. The molecule has 174 valence electrons. The highest BCUT2D eigenvalue weighted by Crippen LogP contribution is 2.37. The molecule has 2 aromatic carbocycles. The van der Waals surface area contributed by atoms with Crippen molar-refractivity contribution >= 4 is 40.4 Å². The number of benzene rings is 2. The van der Waals surface area contributed by atoms with E-state index in [2.05, 4.69) is 20.8 Å². The maximum absolute atomic E-state index is 12.9. The van der Waals surface area contributed by atoms with Gasteiger partial charge in [-0.05, 0) is 56.2 Å². The van der Waals surface area contributed by atoms with Crippen LogP contribution in [-0.2, 0) is 11.7 Å². The van der Waals surface area contributed by atoms with E-state index in [0.29, 0.717) is 17.0 Å². The van der Waals surface area contributed by atoms with E-state index in [1.165, 1.54) is 12.1 Å². The summed E-state index contributed by atoms with van der Waals surface area (Å²) >= 11 is 6.97. The van der Waals surface area contributed by atoms with Crippen molar-refractivity contribution in [3.8, 4) is 10.6 Å². The summed E-state index contributed by atoms with van der Waals surface area (Å²) in [6.07, 6.45) is -4.55. The molecule has 3 N–H and O–H groups in total. The van der Waals surface area contributed by atoms with Crippen molar-refractivity contribution < 1.29 is 23.2 Å². The Morgan fingerprint density at radius 1 is 1.18 bits per heavy atom. The summed E-state index contributed by atoms with van der Waals surface area (Å²) in [5.74, 6) is 0. The van der Waals surface area contributed by atoms with Crippen LogP contribution < -0.4 is 10.6 Å². The number of halogens is 4. The first-order chi connectivity index (χ1) is 15.4. The molecule has 0 bridgehead atoms. The minimum Gasteiger partial charge on any atom is -0.411 e. The van der Waals surface area contributed by atoms with E-state index >= 15 is 0 Å². The SMILES string of the molecule is C/C(=N/O)c1cccc(C(C)(C)NC(=O)Nc2ccc(Cl)c(-c3nc(C(F)(F)F)cs3)c2)c1. The number of thiazole rings is 1. The van der Waals surface area contributed by atoms with Crippen LogP contribution in [0.2, 0.25) is 5.02 Å². The topological polar surface area (TPSA) is 86.6 Å². The van der Waals surface area contributed by atoms with E-state index in [9.17, 15) is 18.0 Å². The molecule has 0 aliphatic carbocycles. The maximum Gasteiger partial charge on any atom is 0.434 e. The molecule has 1 heterocycles. The number of carbonyl (C=O) groups is 1. The minimum atomic E-state index is -4.55. The Morgan fingerprint density at radius 3 is 2.55 bits per heavy atom. The molecular weight excluding hydrogens is 477 g/mol. The van der Waals surface area contributed by atoms with Gasteiger partial charge >= 0.3 is 12.2 Å². The van der Waals surface area contributed by atoms with Gasteiger partial charge in [0, 0.05) is 16.6 Å². The average molecular weight is 497 g/mol. The first-order valence-corrected chi connectivity index (χ1v) is 10.9. The van der Waals surface area contributed by atoms with Crippen molar-refractivity contribution in [1.29, 1.82) is 0 Å². The van der Waals surface area contributed by atoms with Crippen LogP contribution in [0.1, 0.15) is 37.6 Å². The van der Waals surface area contributed by atoms with Gasteiger partial charge in [0.25, 0.3) is 0 Å². The molecule has 33 heavy (non-hydrogen) atoms. The second-order valence-corrected chi connectivity index (χ2v) is 8.97. The Bertz CT molecular complexity index is 1210. The van der Waals surface area contributed by atoms with Crippen molar-refractivity contribution in [3.63, 3.8) is 0 Å². The quantitative estimate of drug-likeness (QED) is 0.208. The van der Waals surface area contributed by atoms with E-state index in [-0.39, 0.29) is 15.6 Å². The molecule has 11 heteroatoms. The van der Waals surface area contributed by atoms with Gasteiger partial charge in [0.15, 0.2) is 5.69 Å². The third-order valence-corrected chi connectivity index (χ3v) is 6.03. The van der Waals surface area contributed by atoms with Gasteiger partial charge in [0.1, 0.15) is 5.01 Å². The number of urea groups is 1. The van der Waals surface area contributed by atoms with Gasteiger partial charge in [0.05, 0.1) is 16.3 Å². The Morgan fingerprint density at radius 2 is 1.91 bits per heavy atom. The number of carbonyl (C=O) groups excluding carboxylic acids is 1. The molecule has 1 aromatic heterocycles. The summed E-state index contributed by atoms with van der Waals surface area (Å²) in [4.78, 5) is 16.3. The fraction of sp³-hybridized carbons (Fsp3) is 0.227. The maximum atomic E-state index is 12.9. The van der Waals surface area contributed by atoms with Gasteiger partial charge in [-0.2, -0.15) is 13.2 Å². The number of alkyl halides is 3. The average Bonchev–Trinajstić information content (AvgIpc) is 3.25. The zero-order valence-electron chi connectivity index (χ0n) is 17.8. The summed E-state index contributed by atoms with van der Waals surface area (Å²) < 4.78 is 38.6. The number of hydrogen-bond acceptors (Lipinski definition) is 5. The van der Waals surface area contributed by atoms with E-state index in [1.807, 2.05) is 6.07 Å². The number of amides is 2. The number of anilines is 1. The second kappa shape index (κ2) is 9.40. The van der Waals surface area contributed by atoms with Crippen LogP contribution in [0.15, 0.2) is 53.0 Å². The largest absolute Gasteiger partial charge is 0.434 e. The zero-order valence-corrected chi connectivity index (χ0v) is 19.4. The van der Waals surface area contributed by atoms with Gasteiger partial charge < -0.3 is 15.8 Å². The first-order valence-electron chi connectivity index (χ1n) is 9.62. The van der Waals surface area contributed by atoms with Gasteiger partial charge in [-0.25, -0.2) is 9.78 Å². The van der Waals surface area contributed by atoms with E-state index in [0.717, 1.165) is 22.3 Å². The Kier molecular flexibility index (Phi) is 6.99. The van der Waals surface area contributed by atoms with Crippen molar-refractivity contribution in [2.45, 2.75) is 32.5 Å². The first kappa shape index (κ1) is 24.5. The lowest BCUT2D eigenvalue weighted by molar-refractivity contribution is -0.140. The van der Waals surface area contributed by atoms with Crippen molar-refractivity contribution in [3.05, 3.63) is 69.7 Å². The number of nitrogens with zero attached hydrogens (tertiary/aromatic N) is 2. The molecule has 0 fully saturated rings. The molecule has 0 aliphatic rings.